The summed E-state index contributed by atoms with van der Waals surface area (Å²) in [7, 11) is -1.29. The molecule has 2 heterocycles. The maximum Gasteiger partial charge on any atom is 0.282 e. The van der Waals surface area contributed by atoms with Gasteiger partial charge in [0.25, 0.3) is 10.2 Å². The van der Waals surface area contributed by atoms with Crippen LogP contribution >= 0.6 is 11.6 Å². The van der Waals surface area contributed by atoms with Crippen molar-refractivity contribution >= 4 is 21.8 Å². The van der Waals surface area contributed by atoms with Crippen molar-refractivity contribution in [3.8, 4) is 0 Å². The zero-order valence-corrected chi connectivity index (χ0v) is 13.3. The number of nitrogens with zero attached hydrogens (tertiary/aromatic N) is 3. The second-order valence-electron chi connectivity index (χ2n) is 5.75. The third-order valence-electron chi connectivity index (χ3n) is 4.09. The molecule has 0 aromatic carbocycles. The highest BCUT2D eigenvalue weighted by molar-refractivity contribution is 7.86. The average Bonchev–Trinajstić information content (AvgIpc) is 2.38. The van der Waals surface area contributed by atoms with Gasteiger partial charge >= 0.3 is 0 Å². The van der Waals surface area contributed by atoms with Gasteiger partial charge in [-0.3, -0.25) is 0 Å². The van der Waals surface area contributed by atoms with Crippen molar-refractivity contribution in [2.75, 3.05) is 45.7 Å². The van der Waals surface area contributed by atoms with Crippen LogP contribution in [0.5, 0.6) is 0 Å². The number of hydrogen-bond acceptors (Lipinski definition) is 3. The van der Waals surface area contributed by atoms with E-state index in [0.717, 1.165) is 25.9 Å². The molecule has 2 saturated heterocycles. The molecule has 0 saturated carbocycles. The zero-order chi connectivity index (χ0) is 14.0. The minimum absolute atomic E-state index is 0.0418. The van der Waals surface area contributed by atoms with Crippen LogP contribution in [-0.2, 0) is 10.2 Å². The molecular weight excluding hydrogens is 286 g/mol. The van der Waals surface area contributed by atoms with E-state index in [9.17, 15) is 8.42 Å². The first-order chi connectivity index (χ1) is 8.95. The van der Waals surface area contributed by atoms with E-state index in [1.54, 1.807) is 8.61 Å². The summed E-state index contributed by atoms with van der Waals surface area (Å²) in [6, 6.07) is 0.0418. The summed E-state index contributed by atoms with van der Waals surface area (Å²) in [4.78, 5) is 2.18. The molecule has 0 aromatic heterocycles. The van der Waals surface area contributed by atoms with Crippen LogP contribution in [0.15, 0.2) is 0 Å². The molecule has 0 N–H and O–H groups in total. The molecule has 0 aliphatic carbocycles. The van der Waals surface area contributed by atoms with E-state index in [1.165, 1.54) is 0 Å². The summed E-state index contributed by atoms with van der Waals surface area (Å²) in [5, 5.41) is 0. The fourth-order valence-electron chi connectivity index (χ4n) is 2.98. The van der Waals surface area contributed by atoms with Crippen LogP contribution < -0.4 is 0 Å². The largest absolute Gasteiger partial charge is 0.303 e. The lowest BCUT2D eigenvalue weighted by molar-refractivity contribution is 0.156. The number of halogens is 1. The molecule has 0 aromatic rings. The van der Waals surface area contributed by atoms with Crippen molar-refractivity contribution in [1.29, 1.82) is 0 Å². The van der Waals surface area contributed by atoms with Gasteiger partial charge in [-0.1, -0.05) is 0 Å². The average molecular weight is 310 g/mol. The van der Waals surface area contributed by atoms with Crippen LogP contribution in [0.25, 0.3) is 0 Å². The number of rotatable bonds is 3. The maximum atomic E-state index is 12.7. The number of alkyl halides is 1. The highest BCUT2D eigenvalue weighted by Gasteiger charge is 2.37. The second-order valence-corrected chi connectivity index (χ2v) is 7.94. The fraction of sp³-hybridized carbons (Fsp3) is 1.00. The van der Waals surface area contributed by atoms with Crippen LogP contribution in [0, 0.1) is 5.92 Å². The van der Waals surface area contributed by atoms with Gasteiger partial charge in [0.1, 0.15) is 0 Å². The summed E-state index contributed by atoms with van der Waals surface area (Å²) < 4.78 is 28.7. The smallest absolute Gasteiger partial charge is 0.282 e. The molecule has 2 aliphatic heterocycles. The Hall–Kier alpha value is 0.120. The molecule has 0 spiro atoms. The Kier molecular flexibility index (Phi) is 5.11. The Labute approximate surface area is 121 Å². The minimum atomic E-state index is -3.32. The molecule has 7 heteroatoms. The molecule has 5 nitrogen and oxygen atoms in total. The first-order valence-corrected chi connectivity index (χ1v) is 8.89. The molecule has 2 aliphatic rings. The third-order valence-corrected chi connectivity index (χ3v) is 6.65. The summed E-state index contributed by atoms with van der Waals surface area (Å²) in [5.41, 5.74) is 0. The van der Waals surface area contributed by atoms with Gasteiger partial charge in [-0.2, -0.15) is 17.0 Å². The van der Waals surface area contributed by atoms with Crippen LogP contribution in [0.4, 0.5) is 0 Å². The molecule has 0 amide bonds. The van der Waals surface area contributed by atoms with E-state index in [-0.39, 0.29) is 6.04 Å². The lowest BCUT2D eigenvalue weighted by atomic mass is 10.0. The first kappa shape index (κ1) is 15.5. The lowest BCUT2D eigenvalue weighted by Gasteiger charge is -2.41. The van der Waals surface area contributed by atoms with E-state index in [1.807, 2.05) is 14.0 Å². The quantitative estimate of drug-likeness (QED) is 0.725. The summed E-state index contributed by atoms with van der Waals surface area (Å²) in [5.74, 6) is 0.845. The summed E-state index contributed by atoms with van der Waals surface area (Å²) in [6.45, 7) is 5.38. The molecule has 2 atom stereocenters. The number of piperidine rings is 1. The maximum absolute atomic E-state index is 12.7. The van der Waals surface area contributed by atoms with Gasteiger partial charge in [0, 0.05) is 44.6 Å². The van der Waals surface area contributed by atoms with Crippen LogP contribution in [0.2, 0.25) is 0 Å². The van der Waals surface area contributed by atoms with Crippen molar-refractivity contribution in [2.45, 2.75) is 25.8 Å². The van der Waals surface area contributed by atoms with Crippen LogP contribution in [0.1, 0.15) is 19.8 Å². The van der Waals surface area contributed by atoms with Crippen molar-refractivity contribution in [2.24, 2.45) is 5.92 Å². The van der Waals surface area contributed by atoms with Crippen molar-refractivity contribution < 1.29 is 8.42 Å². The first-order valence-electron chi connectivity index (χ1n) is 6.96. The molecule has 2 rings (SSSR count). The van der Waals surface area contributed by atoms with Gasteiger partial charge in [-0.05, 0) is 32.7 Å². The Bertz CT molecular complexity index is 404. The van der Waals surface area contributed by atoms with E-state index in [0.29, 0.717) is 31.4 Å². The summed E-state index contributed by atoms with van der Waals surface area (Å²) in [6.07, 6.45) is 1.95. The molecule has 0 bridgehead atoms. The Morgan fingerprint density at radius 2 is 1.95 bits per heavy atom. The normalized spacial score (nSPS) is 32.6. The topological polar surface area (TPSA) is 43.9 Å². The summed E-state index contributed by atoms with van der Waals surface area (Å²) >= 11 is 5.89. The molecule has 112 valence electrons. The number of piperazine rings is 1. The molecule has 2 unspecified atom stereocenters. The van der Waals surface area contributed by atoms with E-state index >= 15 is 0 Å². The Balaban J connectivity index is 2.08. The predicted octanol–water partition coefficient (Wildman–Crippen LogP) is 0.818. The van der Waals surface area contributed by atoms with E-state index < -0.39 is 10.2 Å². The Morgan fingerprint density at radius 1 is 1.21 bits per heavy atom. The van der Waals surface area contributed by atoms with Crippen molar-refractivity contribution in [3.63, 3.8) is 0 Å². The van der Waals surface area contributed by atoms with Gasteiger partial charge in [0.2, 0.25) is 0 Å². The second kappa shape index (κ2) is 6.26. The lowest BCUT2D eigenvalue weighted by Crippen LogP contribution is -2.57. The minimum Gasteiger partial charge on any atom is -0.303 e. The van der Waals surface area contributed by atoms with Crippen LogP contribution in [0.3, 0.4) is 0 Å². The molecule has 19 heavy (non-hydrogen) atoms. The van der Waals surface area contributed by atoms with Gasteiger partial charge in [0.05, 0.1) is 0 Å². The van der Waals surface area contributed by atoms with Gasteiger partial charge in [-0.25, -0.2) is 0 Å². The Morgan fingerprint density at radius 3 is 2.58 bits per heavy atom. The third kappa shape index (κ3) is 3.42. The van der Waals surface area contributed by atoms with Crippen molar-refractivity contribution in [1.82, 2.24) is 13.5 Å². The van der Waals surface area contributed by atoms with E-state index in [2.05, 4.69) is 4.90 Å². The van der Waals surface area contributed by atoms with Crippen molar-refractivity contribution in [3.05, 3.63) is 0 Å². The van der Waals surface area contributed by atoms with E-state index in [4.69, 9.17) is 11.6 Å². The standard InChI is InChI=1S/C12H24ClN3O2S/c1-11-9-14(2)6-7-16(11)19(17,18)15-5-3-4-12(8-13)10-15/h11-12H,3-10H2,1-2H3. The van der Waals surface area contributed by atoms with Gasteiger partial charge in [-0.15, -0.1) is 11.6 Å². The number of hydrogen-bond donors (Lipinski definition) is 0. The number of likely N-dealkylation sites (N-methyl/N-ethyl adjacent to an activating group) is 1. The highest BCUT2D eigenvalue weighted by Crippen LogP contribution is 2.24. The SMILES string of the molecule is CC1CN(C)CCN1S(=O)(=O)N1CCCC(CCl)C1. The molecule has 2 fully saturated rings. The predicted molar refractivity (Wildman–Crippen MR) is 77.6 cm³/mol. The van der Waals surface area contributed by atoms with Gasteiger partial charge in [0.15, 0.2) is 0 Å². The monoisotopic (exact) mass is 309 g/mol. The molecular formula is C12H24ClN3O2S. The highest BCUT2D eigenvalue weighted by atomic mass is 35.5. The van der Waals surface area contributed by atoms with Gasteiger partial charge < -0.3 is 4.90 Å². The van der Waals surface area contributed by atoms with Crippen LogP contribution in [-0.4, -0.2) is 73.6 Å². The molecule has 0 radical (unpaired) electrons. The zero-order valence-electron chi connectivity index (χ0n) is 11.8. The fourth-order valence-corrected chi connectivity index (χ4v) is 5.12.